The molecule has 156 valence electrons. The van der Waals surface area contributed by atoms with Crippen LogP contribution in [0.15, 0.2) is 79.7 Å². The standard InChI is InChI=1S/C24H12Br2N2S.2ClH.Zr/c25-22-10-14-9-17-16(19(14)11-27-22)6-3-7-21(17)29-23-18-8-13-4-1-2-5-15(13)20(18)12-28-24(23)26;;;/h1-10,27-28H;2*1H;/q;;;+2/p-2. The smallest absolute Gasteiger partial charge is 1.00 e. The molecule has 2 aromatic carbocycles. The summed E-state index contributed by atoms with van der Waals surface area (Å²) in [5, 5.41) is 5.36. The van der Waals surface area contributed by atoms with Crippen molar-refractivity contribution < 1.29 is 48.0 Å². The van der Waals surface area contributed by atoms with Gasteiger partial charge in [0.05, 0.1) is 0 Å². The summed E-state index contributed by atoms with van der Waals surface area (Å²) in [5.74, 6) is 0. The van der Waals surface area contributed by atoms with Gasteiger partial charge in [0.15, 0.2) is 0 Å². The molecule has 0 spiro atoms. The molecule has 2 nitrogen and oxygen atoms in total. The molecule has 0 saturated carbocycles. The number of aromatic nitrogens is 2. The van der Waals surface area contributed by atoms with E-state index < -0.39 is 23.2 Å². The third-order valence-corrected chi connectivity index (χ3v) is 11.5. The van der Waals surface area contributed by atoms with Gasteiger partial charge in [0.25, 0.3) is 0 Å². The van der Waals surface area contributed by atoms with Crippen LogP contribution in [0.4, 0.5) is 0 Å². The van der Waals surface area contributed by atoms with E-state index in [1.54, 1.807) is 0 Å². The fraction of sp³-hybridized carbons (Fsp3) is 0. The maximum atomic E-state index is 3.89. The van der Waals surface area contributed by atoms with E-state index in [4.69, 9.17) is 0 Å². The summed E-state index contributed by atoms with van der Waals surface area (Å²) in [5.41, 5.74) is 5.45. The van der Waals surface area contributed by atoms with Crippen molar-refractivity contribution in [1.82, 2.24) is 9.97 Å². The minimum absolute atomic E-state index is 0. The maximum absolute atomic E-state index is 3.89. The van der Waals surface area contributed by atoms with E-state index in [9.17, 15) is 0 Å². The predicted molar refractivity (Wildman–Crippen MR) is 129 cm³/mol. The van der Waals surface area contributed by atoms with Crippen molar-refractivity contribution in [2.75, 3.05) is 0 Å². The summed E-state index contributed by atoms with van der Waals surface area (Å²) < 4.78 is 4.92. The molecular weight excluding hydrogens is 670 g/mol. The molecule has 0 unspecified atom stereocenters. The Morgan fingerprint density at radius 3 is 2.41 bits per heavy atom. The molecule has 0 radical (unpaired) electrons. The van der Waals surface area contributed by atoms with Crippen LogP contribution in [0.1, 0.15) is 0 Å². The van der Waals surface area contributed by atoms with Gasteiger partial charge in [-0.3, -0.25) is 0 Å². The van der Waals surface area contributed by atoms with Crippen LogP contribution in [0.5, 0.6) is 0 Å². The first-order chi connectivity index (χ1) is 14.7. The maximum Gasteiger partial charge on any atom is -1.00 e. The van der Waals surface area contributed by atoms with Crippen molar-refractivity contribution in [2.24, 2.45) is 0 Å². The number of hydrogen-bond acceptors (Lipinski definition) is 1. The van der Waals surface area contributed by atoms with Crippen molar-refractivity contribution in [2.45, 2.75) is 9.79 Å². The van der Waals surface area contributed by atoms with Crippen LogP contribution >= 0.6 is 43.6 Å². The summed E-state index contributed by atoms with van der Waals surface area (Å²) in [6.07, 6.45) is 0. The first kappa shape index (κ1) is 23.0. The minimum Gasteiger partial charge on any atom is -1.00 e. The van der Waals surface area contributed by atoms with E-state index in [2.05, 4.69) is 102 Å². The largest absolute Gasteiger partial charge is 1.00 e. The monoisotopic (exact) mass is 678 g/mol. The van der Waals surface area contributed by atoms with Gasteiger partial charge in [-0.05, 0) is 0 Å². The molecule has 3 aliphatic heterocycles. The number of pyridine rings is 2. The summed E-state index contributed by atoms with van der Waals surface area (Å²) >= 11 is 8.30. The van der Waals surface area contributed by atoms with E-state index in [1.165, 1.54) is 60.4 Å². The van der Waals surface area contributed by atoms with Crippen LogP contribution < -0.4 is 31.6 Å². The van der Waals surface area contributed by atoms with Crippen LogP contribution in [0.3, 0.4) is 0 Å². The fourth-order valence-electron chi connectivity index (χ4n) is 4.67. The van der Waals surface area contributed by atoms with Crippen LogP contribution in [-0.4, -0.2) is 9.97 Å². The molecule has 8 heteroatoms. The second kappa shape index (κ2) is 8.48. The number of halogens is 4. The Labute approximate surface area is 229 Å². The molecule has 2 aliphatic carbocycles. The van der Waals surface area contributed by atoms with Gasteiger partial charge in [0.1, 0.15) is 0 Å². The number of nitrogens with one attached hydrogen (secondary N) is 2. The minimum atomic E-state index is -1.17. The molecule has 3 heterocycles. The van der Waals surface area contributed by atoms with Gasteiger partial charge in [-0.1, -0.05) is 0 Å². The zero-order valence-electron chi connectivity index (χ0n) is 16.2. The molecule has 5 aliphatic rings. The topological polar surface area (TPSA) is 31.6 Å². The van der Waals surface area contributed by atoms with Gasteiger partial charge >= 0.3 is 207 Å². The van der Waals surface area contributed by atoms with Crippen molar-refractivity contribution in [1.29, 1.82) is 0 Å². The number of rotatable bonds is 0. The molecule has 2 N–H and O–H groups in total. The van der Waals surface area contributed by atoms with E-state index >= 15 is 0 Å². The molecule has 0 aromatic heterocycles. The summed E-state index contributed by atoms with van der Waals surface area (Å²) in [4.78, 5) is 10.0. The summed E-state index contributed by atoms with van der Waals surface area (Å²) in [7, 11) is 0. The molecule has 0 fully saturated rings. The molecule has 0 saturated heterocycles. The Bertz CT molecular complexity index is 1590. The fourth-order valence-corrected chi connectivity index (χ4v) is 11.3. The van der Waals surface area contributed by atoms with E-state index in [1.807, 2.05) is 11.8 Å². The van der Waals surface area contributed by atoms with Crippen molar-refractivity contribution in [3.05, 3.63) is 69.9 Å². The number of benzene rings is 2. The Morgan fingerprint density at radius 1 is 0.750 bits per heavy atom. The van der Waals surface area contributed by atoms with Gasteiger partial charge in [0, 0.05) is 0 Å². The molecule has 0 amide bonds. The Hall–Kier alpha value is -0.747. The first-order valence-corrected chi connectivity index (χ1v) is 14.5. The number of hydrogen-bond donors (Lipinski definition) is 2. The summed E-state index contributed by atoms with van der Waals surface area (Å²) in [6.45, 7) is 0. The number of fused-ring (bicyclic) bond motifs is 8. The second-order valence-electron chi connectivity index (χ2n) is 7.57. The second-order valence-corrected chi connectivity index (χ2v) is 13.3. The molecule has 0 atom stereocenters. The average molecular weight is 682 g/mol. The van der Waals surface area contributed by atoms with E-state index in [0.717, 1.165) is 9.21 Å². The van der Waals surface area contributed by atoms with Crippen molar-refractivity contribution >= 4 is 72.0 Å². The van der Waals surface area contributed by atoms with Gasteiger partial charge < -0.3 is 24.8 Å². The molecule has 2 aromatic rings. The Kier molecular flexibility index (Phi) is 6.10. The zero-order chi connectivity index (χ0) is 20.0. The van der Waals surface area contributed by atoms with Crippen LogP contribution in [0, 0.1) is 0 Å². The van der Waals surface area contributed by atoms with Gasteiger partial charge in [-0.15, -0.1) is 0 Å². The third-order valence-electron chi connectivity index (χ3n) is 5.89. The first-order valence-electron chi connectivity index (χ1n) is 9.59. The zero-order valence-corrected chi connectivity index (χ0v) is 24.2. The van der Waals surface area contributed by atoms with Crippen LogP contribution in [-0.2, 0) is 23.2 Å². The van der Waals surface area contributed by atoms with Gasteiger partial charge in [-0.25, -0.2) is 0 Å². The molecule has 6 bridgehead atoms. The van der Waals surface area contributed by atoms with Crippen LogP contribution in [0.2, 0.25) is 0 Å². The number of aromatic amines is 2. The molecule has 32 heavy (non-hydrogen) atoms. The van der Waals surface area contributed by atoms with Gasteiger partial charge in [0.2, 0.25) is 0 Å². The SMILES string of the molecule is Brc1cc2cc3c4cccc3c-2[c]([nH]1)[Zr+2][c]1[nH]c(Br)c(c2cc3ccccc3c1-2)S4.[Cl-].[Cl-]. The van der Waals surface area contributed by atoms with Crippen molar-refractivity contribution in [3.8, 4) is 22.3 Å². The normalized spacial score (nSPS) is 12.1. The van der Waals surface area contributed by atoms with E-state index in [-0.39, 0.29) is 24.8 Å². The van der Waals surface area contributed by atoms with Crippen LogP contribution in [0.25, 0.3) is 43.8 Å². The average Bonchev–Trinajstić information content (AvgIpc) is 3.29. The predicted octanol–water partition coefficient (Wildman–Crippen LogP) is 0.890. The molecule has 7 rings (SSSR count). The quantitative estimate of drug-likeness (QED) is 0.229. The molecular formula is C24H12Br2Cl2N2SZr. The van der Waals surface area contributed by atoms with E-state index in [0.29, 0.717) is 0 Å². The third kappa shape index (κ3) is 3.29. The number of H-pyrrole nitrogens is 2. The Balaban J connectivity index is 0.00000108. The summed E-state index contributed by atoms with van der Waals surface area (Å²) in [6, 6.07) is 22.4. The van der Waals surface area contributed by atoms with Gasteiger partial charge in [-0.2, -0.15) is 0 Å². The van der Waals surface area contributed by atoms with Crippen molar-refractivity contribution in [3.63, 3.8) is 0 Å². The Morgan fingerprint density at radius 2 is 1.53 bits per heavy atom.